The number of para-hydroxylation sites is 1. The molecule has 1 heterocycles. The number of aromatic nitrogens is 3. The van der Waals surface area contributed by atoms with Crippen molar-refractivity contribution in [1.29, 1.82) is 0 Å². The molecule has 1 aromatic carbocycles. The molecule has 1 amide bonds. The number of amides is 1. The lowest BCUT2D eigenvalue weighted by atomic mass is 10.3. The van der Waals surface area contributed by atoms with E-state index in [1.165, 1.54) is 6.92 Å². The first-order valence-electron chi connectivity index (χ1n) is 6.20. The molecular formula is C12H11ClF3N5OS. The van der Waals surface area contributed by atoms with Crippen molar-refractivity contribution >= 4 is 35.0 Å². The summed E-state index contributed by atoms with van der Waals surface area (Å²) < 4.78 is 38.1. The van der Waals surface area contributed by atoms with Gasteiger partial charge in [0, 0.05) is 0 Å². The van der Waals surface area contributed by atoms with Crippen LogP contribution >= 0.6 is 23.4 Å². The summed E-state index contributed by atoms with van der Waals surface area (Å²) in [5, 5.41) is 8.27. The molecule has 0 spiro atoms. The van der Waals surface area contributed by atoms with Crippen LogP contribution in [0.1, 0.15) is 12.7 Å². The molecule has 2 rings (SSSR count). The minimum absolute atomic E-state index is 0.223. The van der Waals surface area contributed by atoms with Gasteiger partial charge in [0.05, 0.1) is 16.0 Å². The maximum absolute atomic E-state index is 12.6. The minimum atomic E-state index is -4.72. The lowest BCUT2D eigenvalue weighted by Gasteiger charge is -2.12. The summed E-state index contributed by atoms with van der Waals surface area (Å²) in [6.45, 7) is 1.50. The van der Waals surface area contributed by atoms with E-state index in [4.69, 9.17) is 17.4 Å². The van der Waals surface area contributed by atoms with Crippen LogP contribution in [0.15, 0.2) is 29.4 Å². The highest BCUT2D eigenvalue weighted by Gasteiger charge is 2.38. The highest BCUT2D eigenvalue weighted by molar-refractivity contribution is 8.00. The van der Waals surface area contributed by atoms with Gasteiger partial charge in [0.25, 0.3) is 5.82 Å². The molecule has 1 aromatic heterocycles. The summed E-state index contributed by atoms with van der Waals surface area (Å²) in [5.41, 5.74) is 0.400. The van der Waals surface area contributed by atoms with E-state index in [1.807, 2.05) is 0 Å². The molecule has 0 saturated carbocycles. The van der Waals surface area contributed by atoms with E-state index >= 15 is 0 Å². The van der Waals surface area contributed by atoms with Crippen LogP contribution in [0.4, 0.5) is 18.9 Å². The van der Waals surface area contributed by atoms with Gasteiger partial charge in [-0.25, -0.2) is 4.68 Å². The summed E-state index contributed by atoms with van der Waals surface area (Å²) in [6, 6.07) is 6.59. The number of anilines is 1. The highest BCUT2D eigenvalue weighted by Crippen LogP contribution is 2.30. The number of nitrogens with one attached hydrogen (secondary N) is 1. The summed E-state index contributed by atoms with van der Waals surface area (Å²) >= 11 is 6.67. The summed E-state index contributed by atoms with van der Waals surface area (Å²) in [7, 11) is 0. The number of benzene rings is 1. The lowest BCUT2D eigenvalue weighted by molar-refractivity contribution is -0.146. The molecule has 0 aliphatic heterocycles. The van der Waals surface area contributed by atoms with E-state index in [0.29, 0.717) is 15.4 Å². The summed E-state index contributed by atoms with van der Waals surface area (Å²) in [4.78, 5) is 12.1. The maximum Gasteiger partial charge on any atom is 0.453 e. The highest BCUT2D eigenvalue weighted by atomic mass is 35.5. The van der Waals surface area contributed by atoms with Gasteiger partial charge in [-0.3, -0.25) is 4.79 Å². The van der Waals surface area contributed by atoms with Crippen LogP contribution in [0.5, 0.6) is 0 Å². The summed E-state index contributed by atoms with van der Waals surface area (Å²) in [6.07, 6.45) is -4.72. The fraction of sp³-hybridized carbons (Fsp3) is 0.250. The van der Waals surface area contributed by atoms with Crippen LogP contribution in [-0.2, 0) is 11.0 Å². The van der Waals surface area contributed by atoms with Crippen LogP contribution in [0.3, 0.4) is 0 Å². The van der Waals surface area contributed by atoms with E-state index < -0.39 is 23.2 Å². The quantitative estimate of drug-likeness (QED) is 0.642. The van der Waals surface area contributed by atoms with Crippen LogP contribution in [-0.4, -0.2) is 26.0 Å². The number of rotatable bonds is 4. The number of hydrogen-bond donors (Lipinski definition) is 2. The van der Waals surface area contributed by atoms with Crippen LogP contribution in [0, 0.1) is 0 Å². The molecule has 3 N–H and O–H groups in total. The molecule has 6 nitrogen and oxygen atoms in total. The van der Waals surface area contributed by atoms with Crippen molar-refractivity contribution in [3.05, 3.63) is 35.1 Å². The first-order chi connectivity index (χ1) is 10.7. The molecule has 0 fully saturated rings. The van der Waals surface area contributed by atoms with Crippen LogP contribution in [0.25, 0.3) is 0 Å². The molecule has 11 heteroatoms. The number of alkyl halides is 3. The average molecular weight is 366 g/mol. The van der Waals surface area contributed by atoms with Gasteiger partial charge in [-0.1, -0.05) is 35.5 Å². The maximum atomic E-state index is 12.6. The number of thioether (sulfide) groups is 1. The van der Waals surface area contributed by atoms with Crippen molar-refractivity contribution in [3.63, 3.8) is 0 Å². The normalized spacial score (nSPS) is 12.9. The van der Waals surface area contributed by atoms with Crippen molar-refractivity contribution in [1.82, 2.24) is 14.9 Å². The van der Waals surface area contributed by atoms with Crippen molar-refractivity contribution in [2.75, 3.05) is 11.2 Å². The van der Waals surface area contributed by atoms with Crippen molar-refractivity contribution in [3.8, 4) is 0 Å². The third-order valence-electron chi connectivity index (χ3n) is 2.70. The van der Waals surface area contributed by atoms with E-state index in [-0.39, 0.29) is 5.16 Å². The zero-order valence-electron chi connectivity index (χ0n) is 11.6. The molecule has 0 aliphatic rings. The summed E-state index contributed by atoms with van der Waals surface area (Å²) in [5.74, 6) is 3.52. The van der Waals surface area contributed by atoms with Crippen molar-refractivity contribution in [2.45, 2.75) is 23.5 Å². The Morgan fingerprint density at radius 2 is 2.04 bits per heavy atom. The zero-order valence-corrected chi connectivity index (χ0v) is 13.2. The predicted octanol–water partition coefficient (Wildman–Crippen LogP) is 2.78. The second kappa shape index (κ2) is 6.67. The Kier molecular flexibility index (Phi) is 5.05. The standard InChI is InChI=1S/C12H11ClF3N5OS/c1-6(9(22)18-8-5-3-2-4-7(8)13)23-11-20-19-10(21(11)17)12(14,15)16/h2-6H,17H2,1H3,(H,18,22). The van der Waals surface area contributed by atoms with E-state index in [0.717, 1.165) is 11.8 Å². The SMILES string of the molecule is CC(Sc1nnc(C(F)(F)F)n1N)C(=O)Nc1ccccc1Cl. The number of halogens is 4. The van der Waals surface area contributed by atoms with Gasteiger partial charge in [-0.05, 0) is 19.1 Å². The molecule has 124 valence electrons. The van der Waals surface area contributed by atoms with Gasteiger partial charge < -0.3 is 11.2 Å². The Morgan fingerprint density at radius 1 is 1.39 bits per heavy atom. The Hall–Kier alpha value is -1.94. The van der Waals surface area contributed by atoms with Gasteiger partial charge in [0.15, 0.2) is 0 Å². The van der Waals surface area contributed by atoms with Crippen molar-refractivity contribution < 1.29 is 18.0 Å². The van der Waals surface area contributed by atoms with Gasteiger partial charge >= 0.3 is 6.18 Å². The van der Waals surface area contributed by atoms with Crippen LogP contribution in [0.2, 0.25) is 5.02 Å². The number of nitrogens with zero attached hydrogens (tertiary/aromatic N) is 3. The second-order valence-corrected chi connectivity index (χ2v) is 6.12. The lowest BCUT2D eigenvalue weighted by Crippen LogP contribution is -2.25. The number of nitrogens with two attached hydrogens (primary N) is 1. The predicted molar refractivity (Wildman–Crippen MR) is 80.6 cm³/mol. The Bertz CT molecular complexity index is 721. The van der Waals surface area contributed by atoms with Gasteiger partial charge in [0.2, 0.25) is 11.1 Å². The van der Waals surface area contributed by atoms with E-state index in [1.54, 1.807) is 24.3 Å². The number of carbonyl (C=O) groups excluding carboxylic acids is 1. The third kappa shape index (κ3) is 4.08. The smallest absolute Gasteiger partial charge is 0.335 e. The molecule has 0 radical (unpaired) electrons. The Morgan fingerprint density at radius 3 is 2.61 bits per heavy atom. The molecular weight excluding hydrogens is 355 g/mol. The second-order valence-electron chi connectivity index (χ2n) is 4.40. The first kappa shape index (κ1) is 17.4. The zero-order chi connectivity index (χ0) is 17.2. The third-order valence-corrected chi connectivity index (χ3v) is 4.09. The first-order valence-corrected chi connectivity index (χ1v) is 7.45. The minimum Gasteiger partial charge on any atom is -0.335 e. The Balaban J connectivity index is 2.07. The average Bonchev–Trinajstić information content (AvgIpc) is 2.82. The van der Waals surface area contributed by atoms with E-state index in [2.05, 4.69) is 15.5 Å². The molecule has 1 atom stereocenters. The fourth-order valence-electron chi connectivity index (χ4n) is 1.56. The van der Waals surface area contributed by atoms with Crippen LogP contribution < -0.4 is 11.2 Å². The van der Waals surface area contributed by atoms with E-state index in [9.17, 15) is 18.0 Å². The monoisotopic (exact) mass is 365 g/mol. The molecule has 0 saturated heterocycles. The van der Waals surface area contributed by atoms with Crippen molar-refractivity contribution in [2.24, 2.45) is 0 Å². The fourth-order valence-corrected chi connectivity index (χ4v) is 2.51. The number of carbonyl (C=O) groups is 1. The molecule has 0 bridgehead atoms. The Labute approximate surface area is 138 Å². The number of hydrogen-bond acceptors (Lipinski definition) is 5. The van der Waals surface area contributed by atoms with Gasteiger partial charge in [0.1, 0.15) is 0 Å². The molecule has 23 heavy (non-hydrogen) atoms. The molecule has 2 aromatic rings. The van der Waals surface area contributed by atoms with Gasteiger partial charge in [-0.2, -0.15) is 13.2 Å². The molecule has 0 aliphatic carbocycles. The van der Waals surface area contributed by atoms with Gasteiger partial charge in [-0.15, -0.1) is 10.2 Å². The topological polar surface area (TPSA) is 85.8 Å². The number of nitrogen functional groups attached to an aromatic ring is 1. The largest absolute Gasteiger partial charge is 0.453 e. The molecule has 1 unspecified atom stereocenters.